The standard InChI is InChI=1S/C15H19ClF2N6/c1-9(2)20-12-3-14(16)19-4-11(12)13-7-24(22-21-13)10-5-23(6-10)8-15(17)18/h3-4,7,9-10,15H,5-6,8H2,1-2H3,(H,19,20). The van der Waals surface area contributed by atoms with Gasteiger partial charge in [-0.3, -0.25) is 4.90 Å². The maximum Gasteiger partial charge on any atom is 0.251 e. The third-order valence-corrected chi connectivity index (χ3v) is 4.02. The topological polar surface area (TPSA) is 58.9 Å². The molecule has 0 bridgehead atoms. The van der Waals surface area contributed by atoms with E-state index in [1.165, 1.54) is 0 Å². The van der Waals surface area contributed by atoms with E-state index in [9.17, 15) is 8.78 Å². The van der Waals surface area contributed by atoms with Crippen LogP contribution in [-0.4, -0.2) is 57.0 Å². The average Bonchev–Trinajstić information content (AvgIpc) is 2.90. The Morgan fingerprint density at radius 1 is 1.38 bits per heavy atom. The normalized spacial score (nSPS) is 16.0. The van der Waals surface area contributed by atoms with E-state index in [0.717, 1.165) is 11.3 Å². The van der Waals surface area contributed by atoms with Crippen LogP contribution in [-0.2, 0) is 0 Å². The van der Waals surface area contributed by atoms with E-state index in [1.54, 1.807) is 21.8 Å². The Kier molecular flexibility index (Phi) is 4.96. The quantitative estimate of drug-likeness (QED) is 0.806. The van der Waals surface area contributed by atoms with E-state index in [0.29, 0.717) is 23.9 Å². The molecule has 9 heteroatoms. The summed E-state index contributed by atoms with van der Waals surface area (Å²) >= 11 is 5.97. The van der Waals surface area contributed by atoms with E-state index in [2.05, 4.69) is 20.6 Å². The first kappa shape index (κ1) is 17.0. The number of pyridine rings is 1. The molecule has 130 valence electrons. The van der Waals surface area contributed by atoms with Crippen molar-refractivity contribution in [3.05, 3.63) is 23.6 Å². The van der Waals surface area contributed by atoms with Crippen LogP contribution in [0, 0.1) is 0 Å². The number of nitrogens with zero attached hydrogens (tertiary/aromatic N) is 5. The van der Waals surface area contributed by atoms with Gasteiger partial charge in [-0.05, 0) is 19.9 Å². The first-order valence-electron chi connectivity index (χ1n) is 7.77. The minimum Gasteiger partial charge on any atom is -0.382 e. The second-order valence-corrected chi connectivity index (χ2v) is 6.59. The molecule has 3 rings (SSSR count). The first-order valence-corrected chi connectivity index (χ1v) is 8.15. The van der Waals surface area contributed by atoms with Crippen LogP contribution in [0.1, 0.15) is 19.9 Å². The Hall–Kier alpha value is -1.80. The number of rotatable bonds is 6. The van der Waals surface area contributed by atoms with E-state index in [1.807, 2.05) is 20.0 Å². The lowest BCUT2D eigenvalue weighted by molar-refractivity contribution is 0.0254. The van der Waals surface area contributed by atoms with Crippen LogP contribution >= 0.6 is 11.6 Å². The second kappa shape index (κ2) is 6.98. The molecule has 0 aliphatic carbocycles. The number of hydrogen-bond donors (Lipinski definition) is 1. The smallest absolute Gasteiger partial charge is 0.251 e. The summed E-state index contributed by atoms with van der Waals surface area (Å²) in [6, 6.07) is 2.06. The van der Waals surface area contributed by atoms with Gasteiger partial charge in [0.25, 0.3) is 6.43 Å². The summed E-state index contributed by atoms with van der Waals surface area (Å²) < 4.78 is 26.4. The van der Waals surface area contributed by atoms with Gasteiger partial charge in [0, 0.05) is 36.6 Å². The van der Waals surface area contributed by atoms with Crippen molar-refractivity contribution in [1.82, 2.24) is 24.9 Å². The van der Waals surface area contributed by atoms with Gasteiger partial charge in [0.1, 0.15) is 10.8 Å². The van der Waals surface area contributed by atoms with Crippen LogP contribution in [0.4, 0.5) is 14.5 Å². The van der Waals surface area contributed by atoms with Crippen molar-refractivity contribution in [3.8, 4) is 11.3 Å². The van der Waals surface area contributed by atoms with Gasteiger partial charge in [0.2, 0.25) is 0 Å². The van der Waals surface area contributed by atoms with Crippen molar-refractivity contribution in [1.29, 1.82) is 0 Å². The number of likely N-dealkylation sites (tertiary alicyclic amines) is 1. The molecule has 6 nitrogen and oxygen atoms in total. The minimum absolute atomic E-state index is 0.0757. The summed E-state index contributed by atoms with van der Waals surface area (Å²) in [7, 11) is 0. The molecule has 2 aromatic heterocycles. The highest BCUT2D eigenvalue weighted by molar-refractivity contribution is 6.29. The monoisotopic (exact) mass is 356 g/mol. The molecule has 1 saturated heterocycles. The largest absolute Gasteiger partial charge is 0.382 e. The van der Waals surface area contributed by atoms with Gasteiger partial charge in [0.15, 0.2) is 0 Å². The summed E-state index contributed by atoms with van der Waals surface area (Å²) in [6.45, 7) is 4.98. The maximum atomic E-state index is 12.3. The highest BCUT2D eigenvalue weighted by Gasteiger charge is 2.31. The number of halogens is 3. The Morgan fingerprint density at radius 3 is 2.79 bits per heavy atom. The van der Waals surface area contributed by atoms with Crippen LogP contribution in [0.25, 0.3) is 11.3 Å². The lowest BCUT2D eigenvalue weighted by Crippen LogP contribution is -2.49. The second-order valence-electron chi connectivity index (χ2n) is 6.20. The van der Waals surface area contributed by atoms with Gasteiger partial charge < -0.3 is 5.32 Å². The molecule has 1 N–H and O–H groups in total. The molecule has 2 aromatic rings. The van der Waals surface area contributed by atoms with Crippen LogP contribution in [0.2, 0.25) is 5.15 Å². The molecule has 0 aromatic carbocycles. The molecular weight excluding hydrogens is 338 g/mol. The zero-order chi connectivity index (χ0) is 17.3. The molecule has 1 aliphatic heterocycles. The summed E-state index contributed by atoms with van der Waals surface area (Å²) in [5, 5.41) is 12.0. The van der Waals surface area contributed by atoms with Gasteiger partial charge in [-0.1, -0.05) is 16.8 Å². The predicted molar refractivity (Wildman–Crippen MR) is 88.5 cm³/mol. The molecule has 0 saturated carbocycles. The molecule has 0 amide bonds. The number of anilines is 1. The fraction of sp³-hybridized carbons (Fsp3) is 0.533. The lowest BCUT2D eigenvalue weighted by atomic mass is 10.1. The Morgan fingerprint density at radius 2 is 2.12 bits per heavy atom. The third kappa shape index (κ3) is 3.81. The van der Waals surface area contributed by atoms with Crippen molar-refractivity contribution in [2.45, 2.75) is 32.4 Å². The molecule has 24 heavy (non-hydrogen) atoms. The Balaban J connectivity index is 1.75. The van der Waals surface area contributed by atoms with Crippen molar-refractivity contribution in [2.24, 2.45) is 0 Å². The fourth-order valence-corrected chi connectivity index (χ4v) is 2.86. The van der Waals surface area contributed by atoms with E-state index in [4.69, 9.17) is 11.6 Å². The number of hydrogen-bond acceptors (Lipinski definition) is 5. The molecule has 3 heterocycles. The Labute approximate surface area is 143 Å². The number of alkyl halides is 2. The zero-order valence-corrected chi connectivity index (χ0v) is 14.2. The van der Waals surface area contributed by atoms with Crippen LogP contribution in [0.15, 0.2) is 18.5 Å². The predicted octanol–water partition coefficient (Wildman–Crippen LogP) is 2.94. The molecular formula is C15H19ClF2N6. The molecule has 0 spiro atoms. The fourth-order valence-electron chi connectivity index (χ4n) is 2.70. The molecule has 0 atom stereocenters. The van der Waals surface area contributed by atoms with Crippen molar-refractivity contribution < 1.29 is 8.78 Å². The molecule has 1 aliphatic rings. The van der Waals surface area contributed by atoms with E-state index >= 15 is 0 Å². The zero-order valence-electron chi connectivity index (χ0n) is 13.5. The summed E-state index contributed by atoms with van der Waals surface area (Å²) in [4.78, 5) is 5.81. The molecule has 0 radical (unpaired) electrons. The minimum atomic E-state index is -2.30. The van der Waals surface area contributed by atoms with Crippen molar-refractivity contribution in [2.75, 3.05) is 25.0 Å². The van der Waals surface area contributed by atoms with Crippen molar-refractivity contribution >= 4 is 17.3 Å². The SMILES string of the molecule is CC(C)Nc1cc(Cl)ncc1-c1cn(C2CN(CC(F)F)C2)nn1. The number of nitrogens with one attached hydrogen (secondary N) is 1. The number of aromatic nitrogens is 4. The van der Waals surface area contributed by atoms with Gasteiger partial charge in [-0.25, -0.2) is 18.4 Å². The summed E-state index contributed by atoms with van der Waals surface area (Å²) in [5.74, 6) is 0. The summed E-state index contributed by atoms with van der Waals surface area (Å²) in [6.07, 6.45) is 1.17. The first-order chi connectivity index (χ1) is 11.4. The van der Waals surface area contributed by atoms with Crippen LogP contribution < -0.4 is 5.32 Å². The Bertz CT molecular complexity index is 699. The average molecular weight is 357 g/mol. The van der Waals surface area contributed by atoms with Crippen molar-refractivity contribution in [3.63, 3.8) is 0 Å². The molecule has 0 unspecified atom stereocenters. The van der Waals surface area contributed by atoms with Gasteiger partial charge in [-0.2, -0.15) is 0 Å². The summed E-state index contributed by atoms with van der Waals surface area (Å²) in [5.41, 5.74) is 2.32. The highest BCUT2D eigenvalue weighted by atomic mass is 35.5. The lowest BCUT2D eigenvalue weighted by Gasteiger charge is -2.38. The highest BCUT2D eigenvalue weighted by Crippen LogP contribution is 2.29. The van der Waals surface area contributed by atoms with E-state index < -0.39 is 6.43 Å². The van der Waals surface area contributed by atoms with Gasteiger partial charge in [-0.15, -0.1) is 5.10 Å². The van der Waals surface area contributed by atoms with Crippen LogP contribution in [0.5, 0.6) is 0 Å². The van der Waals surface area contributed by atoms with Crippen LogP contribution in [0.3, 0.4) is 0 Å². The third-order valence-electron chi connectivity index (χ3n) is 3.81. The molecule has 1 fully saturated rings. The van der Waals surface area contributed by atoms with Gasteiger partial charge >= 0.3 is 0 Å². The maximum absolute atomic E-state index is 12.3. The van der Waals surface area contributed by atoms with E-state index in [-0.39, 0.29) is 18.6 Å². The van der Waals surface area contributed by atoms with Gasteiger partial charge in [0.05, 0.1) is 18.8 Å².